The molecule has 0 bridgehead atoms. The number of rotatable bonds is 4. The van der Waals surface area contributed by atoms with Crippen LogP contribution >= 0.6 is 0 Å². The highest BCUT2D eigenvalue weighted by Crippen LogP contribution is 2.29. The van der Waals surface area contributed by atoms with Crippen LogP contribution in [0, 0.1) is 17.6 Å². The summed E-state index contributed by atoms with van der Waals surface area (Å²) in [5, 5.41) is 13.8. The molecule has 1 heterocycles. The van der Waals surface area contributed by atoms with E-state index in [1.165, 1.54) is 0 Å². The lowest BCUT2D eigenvalue weighted by atomic mass is 9.98. The Hall–Kier alpha value is -1.82. The van der Waals surface area contributed by atoms with Crippen LogP contribution in [0.25, 0.3) is 11.4 Å². The lowest BCUT2D eigenvalue weighted by Crippen LogP contribution is -2.20. The number of nitrogens with zero attached hydrogens (tertiary/aromatic N) is 2. The molecule has 6 heteroatoms. The lowest BCUT2D eigenvalue weighted by molar-refractivity contribution is 0.102. The van der Waals surface area contributed by atoms with Gasteiger partial charge in [-0.05, 0) is 30.9 Å². The first kappa shape index (κ1) is 14.1. The third-order valence-electron chi connectivity index (χ3n) is 3.92. The Labute approximate surface area is 120 Å². The normalized spacial score (nSPS) is 17.3. The molecule has 0 spiro atoms. The van der Waals surface area contributed by atoms with Crippen molar-refractivity contribution in [3.63, 3.8) is 0 Å². The van der Waals surface area contributed by atoms with Gasteiger partial charge in [0.1, 0.15) is 11.6 Å². The molecule has 1 N–H and O–H groups in total. The van der Waals surface area contributed by atoms with Crippen molar-refractivity contribution in [3.05, 3.63) is 35.7 Å². The molecule has 1 fully saturated rings. The fourth-order valence-corrected chi connectivity index (χ4v) is 2.83. The molecule has 0 aliphatic heterocycles. The SMILES string of the molecule is OC(Cc1nc(-c2cc(F)cc(F)c2)no1)C1CCCC1. The van der Waals surface area contributed by atoms with Crippen LogP contribution in [-0.4, -0.2) is 21.4 Å². The Morgan fingerprint density at radius 1 is 1.19 bits per heavy atom. The van der Waals surface area contributed by atoms with E-state index in [2.05, 4.69) is 10.1 Å². The van der Waals surface area contributed by atoms with Gasteiger partial charge >= 0.3 is 0 Å². The van der Waals surface area contributed by atoms with Gasteiger partial charge in [0.2, 0.25) is 11.7 Å². The molecule has 3 rings (SSSR count). The Balaban J connectivity index is 1.73. The second-order valence-electron chi connectivity index (χ2n) is 5.49. The highest BCUT2D eigenvalue weighted by Gasteiger charge is 2.25. The largest absolute Gasteiger partial charge is 0.392 e. The minimum Gasteiger partial charge on any atom is -0.392 e. The van der Waals surface area contributed by atoms with E-state index in [0.717, 1.165) is 43.9 Å². The molecule has 1 unspecified atom stereocenters. The number of aliphatic hydroxyl groups is 1. The van der Waals surface area contributed by atoms with E-state index >= 15 is 0 Å². The molecule has 1 aliphatic rings. The summed E-state index contributed by atoms with van der Waals surface area (Å²) < 4.78 is 31.4. The zero-order valence-electron chi connectivity index (χ0n) is 11.4. The van der Waals surface area contributed by atoms with Crippen molar-refractivity contribution in [2.24, 2.45) is 5.92 Å². The number of hydrogen-bond donors (Lipinski definition) is 1. The van der Waals surface area contributed by atoms with Crippen molar-refractivity contribution < 1.29 is 18.4 Å². The fraction of sp³-hybridized carbons (Fsp3) is 0.467. The van der Waals surface area contributed by atoms with Gasteiger partial charge < -0.3 is 9.63 Å². The van der Waals surface area contributed by atoms with E-state index in [1.807, 2.05) is 0 Å². The predicted octanol–water partition coefficient (Wildman–Crippen LogP) is 3.11. The number of benzene rings is 1. The van der Waals surface area contributed by atoms with Gasteiger partial charge in [0, 0.05) is 11.6 Å². The second-order valence-corrected chi connectivity index (χ2v) is 5.49. The lowest BCUT2D eigenvalue weighted by Gasteiger charge is -2.14. The molecule has 0 amide bonds. The van der Waals surface area contributed by atoms with Crippen LogP contribution in [0.4, 0.5) is 8.78 Å². The number of aromatic nitrogens is 2. The molecule has 0 saturated heterocycles. The third-order valence-corrected chi connectivity index (χ3v) is 3.92. The minimum absolute atomic E-state index is 0.127. The number of halogens is 2. The van der Waals surface area contributed by atoms with E-state index < -0.39 is 17.7 Å². The monoisotopic (exact) mass is 294 g/mol. The Morgan fingerprint density at radius 3 is 2.52 bits per heavy atom. The topological polar surface area (TPSA) is 59.2 Å². The van der Waals surface area contributed by atoms with Gasteiger partial charge in [-0.3, -0.25) is 0 Å². The molecule has 1 aromatic heterocycles. The van der Waals surface area contributed by atoms with E-state index in [0.29, 0.717) is 0 Å². The third kappa shape index (κ3) is 3.26. The molecular weight excluding hydrogens is 278 g/mol. The maximum atomic E-state index is 13.2. The van der Waals surface area contributed by atoms with Gasteiger partial charge in [0.05, 0.1) is 12.5 Å². The Bertz CT molecular complexity index is 604. The van der Waals surface area contributed by atoms with Crippen molar-refractivity contribution in [1.29, 1.82) is 0 Å². The van der Waals surface area contributed by atoms with Crippen LogP contribution in [0.1, 0.15) is 31.6 Å². The molecular formula is C15H16F2N2O2. The first-order valence-electron chi connectivity index (χ1n) is 7.09. The zero-order valence-corrected chi connectivity index (χ0v) is 11.4. The molecule has 1 atom stereocenters. The van der Waals surface area contributed by atoms with Gasteiger partial charge in [0.25, 0.3) is 0 Å². The summed E-state index contributed by atoms with van der Waals surface area (Å²) in [6, 6.07) is 3.07. The second kappa shape index (κ2) is 5.89. The smallest absolute Gasteiger partial charge is 0.229 e. The van der Waals surface area contributed by atoms with Crippen LogP contribution < -0.4 is 0 Å². The predicted molar refractivity (Wildman–Crippen MR) is 71.3 cm³/mol. The summed E-state index contributed by atoms with van der Waals surface area (Å²) in [4.78, 5) is 4.10. The van der Waals surface area contributed by atoms with E-state index in [9.17, 15) is 13.9 Å². The van der Waals surface area contributed by atoms with Crippen molar-refractivity contribution >= 4 is 0 Å². The average molecular weight is 294 g/mol. The molecule has 1 saturated carbocycles. The van der Waals surface area contributed by atoms with Crippen LogP contribution in [0.5, 0.6) is 0 Å². The summed E-state index contributed by atoms with van der Waals surface area (Å²) in [5.74, 6) is -0.701. The van der Waals surface area contributed by atoms with Crippen LogP contribution in [0.2, 0.25) is 0 Å². The Kier molecular flexibility index (Phi) is 3.96. The first-order valence-corrected chi connectivity index (χ1v) is 7.09. The van der Waals surface area contributed by atoms with Crippen LogP contribution in [-0.2, 0) is 6.42 Å². The van der Waals surface area contributed by atoms with Crippen LogP contribution in [0.3, 0.4) is 0 Å². The van der Waals surface area contributed by atoms with Crippen molar-refractivity contribution in [1.82, 2.24) is 10.1 Å². The summed E-state index contributed by atoms with van der Waals surface area (Å²) in [6.07, 6.45) is 4.06. The van der Waals surface area contributed by atoms with Gasteiger partial charge in [-0.15, -0.1) is 0 Å². The quantitative estimate of drug-likeness (QED) is 0.941. The van der Waals surface area contributed by atoms with E-state index in [-0.39, 0.29) is 29.6 Å². The highest BCUT2D eigenvalue weighted by molar-refractivity contribution is 5.54. The molecule has 2 aromatic rings. The maximum Gasteiger partial charge on any atom is 0.229 e. The molecule has 1 aliphatic carbocycles. The van der Waals surface area contributed by atoms with E-state index in [1.54, 1.807) is 0 Å². The van der Waals surface area contributed by atoms with Crippen LogP contribution in [0.15, 0.2) is 22.7 Å². The molecule has 0 radical (unpaired) electrons. The average Bonchev–Trinajstić information content (AvgIpc) is 3.08. The standard InChI is InChI=1S/C15H16F2N2O2/c16-11-5-10(6-12(17)7-11)15-18-14(21-19-15)8-13(20)9-3-1-2-4-9/h5-7,9,13,20H,1-4,8H2. The number of hydrogen-bond acceptors (Lipinski definition) is 4. The molecule has 4 nitrogen and oxygen atoms in total. The van der Waals surface area contributed by atoms with E-state index in [4.69, 9.17) is 4.52 Å². The maximum absolute atomic E-state index is 13.2. The summed E-state index contributed by atoms with van der Waals surface area (Å²) in [5.41, 5.74) is 0.220. The minimum atomic E-state index is -0.692. The summed E-state index contributed by atoms with van der Waals surface area (Å²) >= 11 is 0. The van der Waals surface area contributed by atoms with Crippen molar-refractivity contribution in [2.45, 2.75) is 38.2 Å². The summed E-state index contributed by atoms with van der Waals surface area (Å²) in [6.45, 7) is 0. The van der Waals surface area contributed by atoms with Gasteiger partial charge in [-0.25, -0.2) is 8.78 Å². The molecule has 112 valence electrons. The van der Waals surface area contributed by atoms with Gasteiger partial charge in [-0.1, -0.05) is 18.0 Å². The fourth-order valence-electron chi connectivity index (χ4n) is 2.83. The number of aliphatic hydroxyl groups excluding tert-OH is 1. The molecule has 1 aromatic carbocycles. The van der Waals surface area contributed by atoms with Crippen molar-refractivity contribution in [2.75, 3.05) is 0 Å². The van der Waals surface area contributed by atoms with Gasteiger partial charge in [-0.2, -0.15) is 4.98 Å². The highest BCUT2D eigenvalue weighted by atomic mass is 19.1. The van der Waals surface area contributed by atoms with Gasteiger partial charge in [0.15, 0.2) is 0 Å². The van der Waals surface area contributed by atoms with Crippen molar-refractivity contribution in [3.8, 4) is 11.4 Å². The molecule has 21 heavy (non-hydrogen) atoms. The first-order chi connectivity index (χ1) is 10.1. The summed E-state index contributed by atoms with van der Waals surface area (Å²) in [7, 11) is 0. The zero-order chi connectivity index (χ0) is 14.8. The Morgan fingerprint density at radius 2 is 1.86 bits per heavy atom.